The molecule has 0 saturated carbocycles. The van der Waals surface area contributed by atoms with Crippen molar-refractivity contribution in [3.63, 3.8) is 0 Å². The standard InChI is InChI=1S/C17H19NO2/c1-13(12-19-2)20-17-10-9-14-6-3-4-7-15(14)16(17)8-5-11-18/h3-4,6-7,9-10,13H,11-12,18H2,1-2H3. The molecule has 2 aromatic rings. The molecule has 1 unspecified atom stereocenters. The zero-order chi connectivity index (χ0) is 14.4. The first-order valence-corrected chi connectivity index (χ1v) is 6.62. The zero-order valence-corrected chi connectivity index (χ0v) is 11.8. The van der Waals surface area contributed by atoms with E-state index in [1.165, 1.54) is 0 Å². The Bertz CT molecular complexity index is 640. The summed E-state index contributed by atoms with van der Waals surface area (Å²) in [6.45, 7) is 2.84. The zero-order valence-electron chi connectivity index (χ0n) is 11.8. The summed E-state index contributed by atoms with van der Waals surface area (Å²) in [6, 6.07) is 12.1. The molecule has 0 fully saturated rings. The molecular formula is C17H19NO2. The number of benzene rings is 2. The van der Waals surface area contributed by atoms with E-state index < -0.39 is 0 Å². The second-order valence-electron chi connectivity index (χ2n) is 4.55. The van der Waals surface area contributed by atoms with Crippen LogP contribution in [-0.2, 0) is 4.74 Å². The fraction of sp³-hybridized carbons (Fsp3) is 0.294. The largest absolute Gasteiger partial charge is 0.487 e. The minimum Gasteiger partial charge on any atom is -0.487 e. The van der Waals surface area contributed by atoms with E-state index in [9.17, 15) is 0 Å². The molecule has 0 aliphatic carbocycles. The SMILES string of the molecule is COCC(C)Oc1ccc2ccccc2c1C#CCN. The average Bonchev–Trinajstić information content (AvgIpc) is 2.46. The van der Waals surface area contributed by atoms with Crippen LogP contribution in [0.15, 0.2) is 36.4 Å². The van der Waals surface area contributed by atoms with Gasteiger partial charge in [0.25, 0.3) is 0 Å². The summed E-state index contributed by atoms with van der Waals surface area (Å²) in [5.41, 5.74) is 6.37. The van der Waals surface area contributed by atoms with Gasteiger partial charge in [-0.05, 0) is 18.4 Å². The topological polar surface area (TPSA) is 44.5 Å². The Morgan fingerprint density at radius 2 is 2.00 bits per heavy atom. The molecule has 0 amide bonds. The van der Waals surface area contributed by atoms with Crippen molar-refractivity contribution in [1.82, 2.24) is 0 Å². The van der Waals surface area contributed by atoms with Crippen molar-refractivity contribution in [2.24, 2.45) is 5.73 Å². The minimum atomic E-state index is -0.0282. The Morgan fingerprint density at radius 3 is 2.75 bits per heavy atom. The van der Waals surface area contributed by atoms with Crippen LogP contribution in [0.4, 0.5) is 0 Å². The summed E-state index contributed by atoms with van der Waals surface area (Å²) >= 11 is 0. The maximum absolute atomic E-state index is 5.92. The molecule has 2 rings (SSSR count). The number of fused-ring (bicyclic) bond motifs is 1. The predicted molar refractivity (Wildman–Crippen MR) is 81.8 cm³/mol. The minimum absolute atomic E-state index is 0.0282. The first kappa shape index (κ1) is 14.4. The fourth-order valence-corrected chi connectivity index (χ4v) is 2.10. The average molecular weight is 269 g/mol. The van der Waals surface area contributed by atoms with Gasteiger partial charge in [-0.3, -0.25) is 0 Å². The molecule has 0 aromatic heterocycles. The van der Waals surface area contributed by atoms with Gasteiger partial charge >= 0.3 is 0 Å². The fourth-order valence-electron chi connectivity index (χ4n) is 2.10. The highest BCUT2D eigenvalue weighted by Crippen LogP contribution is 2.28. The van der Waals surface area contributed by atoms with E-state index in [0.717, 1.165) is 22.1 Å². The first-order chi connectivity index (χ1) is 9.76. The number of methoxy groups -OCH3 is 1. The third kappa shape index (κ3) is 3.30. The van der Waals surface area contributed by atoms with Crippen LogP contribution >= 0.6 is 0 Å². The Hall–Kier alpha value is -2.02. The summed E-state index contributed by atoms with van der Waals surface area (Å²) in [4.78, 5) is 0. The van der Waals surface area contributed by atoms with E-state index in [1.807, 2.05) is 37.3 Å². The summed E-state index contributed by atoms with van der Waals surface area (Å²) in [6.07, 6.45) is -0.0282. The molecule has 104 valence electrons. The highest BCUT2D eigenvalue weighted by atomic mass is 16.5. The molecule has 20 heavy (non-hydrogen) atoms. The first-order valence-electron chi connectivity index (χ1n) is 6.62. The van der Waals surface area contributed by atoms with Gasteiger partial charge in [0.1, 0.15) is 11.9 Å². The monoisotopic (exact) mass is 269 g/mol. The van der Waals surface area contributed by atoms with Crippen LogP contribution in [0, 0.1) is 11.8 Å². The number of hydrogen-bond acceptors (Lipinski definition) is 3. The van der Waals surface area contributed by atoms with Gasteiger partial charge < -0.3 is 15.2 Å². The lowest BCUT2D eigenvalue weighted by Crippen LogP contribution is -2.18. The Balaban J connectivity index is 2.47. The Morgan fingerprint density at radius 1 is 1.20 bits per heavy atom. The van der Waals surface area contributed by atoms with Crippen molar-refractivity contribution in [2.75, 3.05) is 20.3 Å². The van der Waals surface area contributed by atoms with Crippen molar-refractivity contribution >= 4 is 10.8 Å². The summed E-state index contributed by atoms with van der Waals surface area (Å²) in [5, 5.41) is 2.22. The Labute approximate surface area is 119 Å². The molecule has 0 bridgehead atoms. The quantitative estimate of drug-likeness (QED) is 0.868. The van der Waals surface area contributed by atoms with Gasteiger partial charge in [0.05, 0.1) is 18.7 Å². The molecule has 0 heterocycles. The van der Waals surface area contributed by atoms with Crippen LogP contribution in [0.5, 0.6) is 5.75 Å². The number of rotatable bonds is 4. The van der Waals surface area contributed by atoms with Crippen molar-refractivity contribution in [1.29, 1.82) is 0 Å². The van der Waals surface area contributed by atoms with Gasteiger partial charge in [-0.25, -0.2) is 0 Å². The van der Waals surface area contributed by atoms with Crippen LogP contribution in [0.1, 0.15) is 12.5 Å². The molecular weight excluding hydrogens is 250 g/mol. The second kappa shape index (κ2) is 6.95. The van der Waals surface area contributed by atoms with Gasteiger partial charge in [-0.15, -0.1) is 0 Å². The summed E-state index contributed by atoms with van der Waals surface area (Å²) < 4.78 is 11.0. The van der Waals surface area contributed by atoms with E-state index in [-0.39, 0.29) is 6.10 Å². The lowest BCUT2D eigenvalue weighted by Gasteiger charge is -2.16. The van der Waals surface area contributed by atoms with E-state index >= 15 is 0 Å². The molecule has 3 nitrogen and oxygen atoms in total. The second-order valence-corrected chi connectivity index (χ2v) is 4.55. The molecule has 0 radical (unpaired) electrons. The molecule has 2 aromatic carbocycles. The van der Waals surface area contributed by atoms with Gasteiger partial charge in [0, 0.05) is 12.5 Å². The van der Waals surface area contributed by atoms with Crippen molar-refractivity contribution in [2.45, 2.75) is 13.0 Å². The summed E-state index contributed by atoms with van der Waals surface area (Å²) in [7, 11) is 1.66. The smallest absolute Gasteiger partial charge is 0.136 e. The van der Waals surface area contributed by atoms with E-state index in [1.54, 1.807) is 7.11 Å². The molecule has 0 spiro atoms. The molecule has 0 aliphatic heterocycles. The van der Waals surface area contributed by atoms with E-state index in [4.69, 9.17) is 15.2 Å². The van der Waals surface area contributed by atoms with Gasteiger partial charge in [-0.2, -0.15) is 0 Å². The van der Waals surface area contributed by atoms with Gasteiger partial charge in [0.2, 0.25) is 0 Å². The maximum Gasteiger partial charge on any atom is 0.136 e. The third-order valence-electron chi connectivity index (χ3n) is 2.94. The number of hydrogen-bond donors (Lipinski definition) is 1. The molecule has 1 atom stereocenters. The van der Waals surface area contributed by atoms with Crippen LogP contribution in [0.25, 0.3) is 10.8 Å². The number of ether oxygens (including phenoxy) is 2. The highest BCUT2D eigenvalue weighted by Gasteiger charge is 2.10. The van der Waals surface area contributed by atoms with Gasteiger partial charge in [0.15, 0.2) is 0 Å². The van der Waals surface area contributed by atoms with Crippen LogP contribution in [0.3, 0.4) is 0 Å². The van der Waals surface area contributed by atoms with Crippen molar-refractivity contribution in [3.05, 3.63) is 42.0 Å². The summed E-state index contributed by atoms with van der Waals surface area (Å²) in [5.74, 6) is 6.80. The molecule has 3 heteroatoms. The highest BCUT2D eigenvalue weighted by molar-refractivity contribution is 5.90. The van der Waals surface area contributed by atoms with Crippen LogP contribution in [0.2, 0.25) is 0 Å². The third-order valence-corrected chi connectivity index (χ3v) is 2.94. The lowest BCUT2D eigenvalue weighted by molar-refractivity contribution is 0.0920. The Kier molecular flexibility index (Phi) is 5.00. The van der Waals surface area contributed by atoms with E-state index in [2.05, 4.69) is 17.9 Å². The number of nitrogens with two attached hydrogens (primary N) is 1. The van der Waals surface area contributed by atoms with Crippen molar-refractivity contribution in [3.8, 4) is 17.6 Å². The van der Waals surface area contributed by atoms with E-state index in [0.29, 0.717) is 13.2 Å². The molecule has 0 saturated heterocycles. The lowest BCUT2D eigenvalue weighted by atomic mass is 10.0. The maximum atomic E-state index is 5.92. The predicted octanol–water partition coefficient (Wildman–Crippen LogP) is 2.56. The van der Waals surface area contributed by atoms with Crippen LogP contribution < -0.4 is 10.5 Å². The van der Waals surface area contributed by atoms with Gasteiger partial charge in [-0.1, -0.05) is 42.2 Å². The van der Waals surface area contributed by atoms with Crippen LogP contribution in [-0.4, -0.2) is 26.4 Å². The molecule has 0 aliphatic rings. The van der Waals surface area contributed by atoms with Crippen molar-refractivity contribution < 1.29 is 9.47 Å². The molecule has 2 N–H and O–H groups in total. The normalized spacial score (nSPS) is 11.8.